The van der Waals surface area contributed by atoms with Crippen molar-refractivity contribution in [3.05, 3.63) is 33.8 Å². The fourth-order valence-corrected chi connectivity index (χ4v) is 2.36. The molecule has 0 bridgehead atoms. The van der Waals surface area contributed by atoms with Gasteiger partial charge in [0, 0.05) is 11.0 Å². The molecule has 1 atom stereocenters. The van der Waals surface area contributed by atoms with E-state index >= 15 is 0 Å². The lowest BCUT2D eigenvalue weighted by atomic mass is 10.1. The zero-order chi connectivity index (χ0) is 15.6. The Morgan fingerprint density at radius 2 is 2.19 bits per heavy atom. The fourth-order valence-electron chi connectivity index (χ4n) is 1.95. The fraction of sp³-hybridized carbons (Fsp3) is 0.385. The molecule has 21 heavy (non-hydrogen) atoms. The molecule has 1 aromatic rings. The minimum absolute atomic E-state index is 0.0397. The summed E-state index contributed by atoms with van der Waals surface area (Å²) in [5.41, 5.74) is -0.970. The van der Waals surface area contributed by atoms with Gasteiger partial charge in [0.15, 0.2) is 6.10 Å². The zero-order valence-corrected chi connectivity index (χ0v) is 12.2. The maximum absolute atomic E-state index is 12.7. The molecule has 0 saturated carbocycles. The summed E-state index contributed by atoms with van der Waals surface area (Å²) in [7, 11) is 0. The normalized spacial score (nSPS) is 19.2. The molecular formula is C13H10BrF3N2O2. The maximum Gasteiger partial charge on any atom is 0.416 e. The van der Waals surface area contributed by atoms with E-state index in [1.807, 2.05) is 6.07 Å². The Hall–Kier alpha value is -1.59. The minimum Gasteiger partial charge on any atom is -0.360 e. The molecule has 2 rings (SSSR count). The molecule has 0 aliphatic carbocycles. The average molecular weight is 363 g/mol. The zero-order valence-electron chi connectivity index (χ0n) is 10.7. The summed E-state index contributed by atoms with van der Waals surface area (Å²) >= 11 is 3.09. The molecule has 1 unspecified atom stereocenters. The monoisotopic (exact) mass is 362 g/mol. The second-order valence-electron chi connectivity index (χ2n) is 4.43. The first-order valence-corrected chi connectivity index (χ1v) is 6.79. The van der Waals surface area contributed by atoms with Crippen LogP contribution in [0.1, 0.15) is 15.9 Å². The van der Waals surface area contributed by atoms with E-state index in [0.29, 0.717) is 0 Å². The minimum atomic E-state index is -4.52. The number of rotatable bonds is 1. The number of alkyl halides is 3. The van der Waals surface area contributed by atoms with Crippen molar-refractivity contribution >= 4 is 21.8 Å². The Kier molecular flexibility index (Phi) is 4.54. The lowest BCUT2D eigenvalue weighted by molar-refractivity contribution is -0.137. The van der Waals surface area contributed by atoms with E-state index in [4.69, 9.17) is 10.00 Å². The van der Waals surface area contributed by atoms with E-state index in [9.17, 15) is 18.0 Å². The third-order valence-corrected chi connectivity index (χ3v) is 3.71. The molecule has 0 spiro atoms. The summed E-state index contributed by atoms with van der Waals surface area (Å²) in [6.45, 7) is 0.457. The Balaban J connectivity index is 2.29. The van der Waals surface area contributed by atoms with E-state index in [-0.39, 0.29) is 29.7 Å². The highest BCUT2D eigenvalue weighted by molar-refractivity contribution is 9.10. The van der Waals surface area contributed by atoms with Gasteiger partial charge in [-0.25, -0.2) is 0 Å². The van der Waals surface area contributed by atoms with Crippen molar-refractivity contribution in [3.63, 3.8) is 0 Å². The van der Waals surface area contributed by atoms with Crippen LogP contribution < -0.4 is 0 Å². The standard InChI is InChI=1S/C13H10BrF3N2O2/c14-11-2-1-8(13(15,16)17)5-10(11)12(20)19-3-4-21-9(6-18)7-19/h1-2,5,9H,3-4,7H2. The molecule has 8 heteroatoms. The van der Waals surface area contributed by atoms with Gasteiger partial charge in [0.2, 0.25) is 0 Å². The SMILES string of the molecule is N#CC1CN(C(=O)c2cc(C(F)(F)F)ccc2Br)CCO1. The molecule has 0 radical (unpaired) electrons. The predicted molar refractivity (Wildman–Crippen MR) is 70.4 cm³/mol. The summed E-state index contributed by atoms with van der Waals surface area (Å²) in [6.07, 6.45) is -5.28. The van der Waals surface area contributed by atoms with Crippen molar-refractivity contribution in [2.75, 3.05) is 19.7 Å². The van der Waals surface area contributed by atoms with Gasteiger partial charge in [-0.3, -0.25) is 4.79 Å². The third kappa shape index (κ3) is 3.54. The Labute approximate surface area is 127 Å². The van der Waals surface area contributed by atoms with E-state index in [0.717, 1.165) is 12.1 Å². The number of nitriles is 1. The number of hydrogen-bond donors (Lipinski definition) is 0. The van der Waals surface area contributed by atoms with Crippen LogP contribution in [0.3, 0.4) is 0 Å². The Morgan fingerprint density at radius 1 is 1.48 bits per heavy atom. The predicted octanol–water partition coefficient (Wildman–Crippen LogP) is 2.83. The van der Waals surface area contributed by atoms with Crippen LogP contribution in [0.5, 0.6) is 0 Å². The third-order valence-electron chi connectivity index (χ3n) is 3.02. The van der Waals surface area contributed by atoms with E-state index in [1.54, 1.807) is 0 Å². The van der Waals surface area contributed by atoms with Crippen LogP contribution in [0.15, 0.2) is 22.7 Å². The Morgan fingerprint density at radius 3 is 2.81 bits per heavy atom. The lowest BCUT2D eigenvalue weighted by Crippen LogP contribution is -2.45. The molecule has 0 N–H and O–H groups in total. The largest absolute Gasteiger partial charge is 0.416 e. The van der Waals surface area contributed by atoms with Gasteiger partial charge in [0.05, 0.1) is 30.3 Å². The molecule has 1 aliphatic rings. The number of ether oxygens (including phenoxy) is 1. The number of hydrogen-bond acceptors (Lipinski definition) is 3. The van der Waals surface area contributed by atoms with Gasteiger partial charge < -0.3 is 9.64 Å². The molecule has 4 nitrogen and oxygen atoms in total. The second-order valence-corrected chi connectivity index (χ2v) is 5.29. The summed E-state index contributed by atoms with van der Waals surface area (Å²) in [5.74, 6) is -0.559. The van der Waals surface area contributed by atoms with Crippen molar-refractivity contribution in [1.29, 1.82) is 5.26 Å². The second kappa shape index (κ2) is 6.03. The first-order valence-electron chi connectivity index (χ1n) is 6.00. The molecule has 1 aliphatic heterocycles. The number of halogens is 4. The summed E-state index contributed by atoms with van der Waals surface area (Å²) in [4.78, 5) is 13.6. The smallest absolute Gasteiger partial charge is 0.360 e. The summed E-state index contributed by atoms with van der Waals surface area (Å²) in [5, 5.41) is 8.80. The molecule has 1 heterocycles. The van der Waals surface area contributed by atoms with Crippen LogP contribution in [0, 0.1) is 11.3 Å². The first-order chi connectivity index (χ1) is 9.82. The van der Waals surface area contributed by atoms with Crippen LogP contribution in [0.2, 0.25) is 0 Å². The molecule has 0 aromatic heterocycles. The average Bonchev–Trinajstić information content (AvgIpc) is 2.46. The van der Waals surface area contributed by atoms with Crippen molar-refractivity contribution < 1.29 is 22.7 Å². The highest BCUT2D eigenvalue weighted by Gasteiger charge is 2.33. The quantitative estimate of drug-likeness (QED) is 0.771. The lowest BCUT2D eigenvalue weighted by Gasteiger charge is -2.30. The Bertz CT molecular complexity index is 598. The van der Waals surface area contributed by atoms with Crippen LogP contribution in [-0.2, 0) is 10.9 Å². The number of carbonyl (C=O) groups excluding carboxylic acids is 1. The van der Waals surface area contributed by atoms with Crippen molar-refractivity contribution in [3.8, 4) is 6.07 Å². The van der Waals surface area contributed by atoms with Gasteiger partial charge in [0.25, 0.3) is 5.91 Å². The number of amides is 1. The van der Waals surface area contributed by atoms with E-state index in [1.165, 1.54) is 11.0 Å². The number of benzene rings is 1. The molecule has 1 saturated heterocycles. The first kappa shape index (κ1) is 15.8. The van der Waals surface area contributed by atoms with Crippen molar-refractivity contribution in [2.24, 2.45) is 0 Å². The van der Waals surface area contributed by atoms with Crippen molar-refractivity contribution in [2.45, 2.75) is 12.3 Å². The van der Waals surface area contributed by atoms with Crippen molar-refractivity contribution in [1.82, 2.24) is 4.90 Å². The molecule has 1 amide bonds. The summed E-state index contributed by atoms with van der Waals surface area (Å²) < 4.78 is 43.5. The molecular weight excluding hydrogens is 353 g/mol. The maximum atomic E-state index is 12.7. The van der Waals surface area contributed by atoms with Gasteiger partial charge >= 0.3 is 6.18 Å². The molecule has 1 fully saturated rings. The van der Waals surface area contributed by atoms with E-state index < -0.39 is 23.8 Å². The van der Waals surface area contributed by atoms with Crippen LogP contribution in [-0.4, -0.2) is 36.6 Å². The van der Waals surface area contributed by atoms with Gasteiger partial charge in [-0.1, -0.05) is 0 Å². The van der Waals surface area contributed by atoms with Crippen LogP contribution >= 0.6 is 15.9 Å². The molecule has 112 valence electrons. The molecule has 1 aromatic carbocycles. The van der Waals surface area contributed by atoms with Gasteiger partial charge in [-0.2, -0.15) is 18.4 Å². The number of morpholine rings is 1. The number of carbonyl (C=O) groups is 1. The highest BCUT2D eigenvalue weighted by atomic mass is 79.9. The van der Waals surface area contributed by atoms with Gasteiger partial charge in [-0.15, -0.1) is 0 Å². The van der Waals surface area contributed by atoms with Crippen LogP contribution in [0.25, 0.3) is 0 Å². The van der Waals surface area contributed by atoms with Crippen LogP contribution in [0.4, 0.5) is 13.2 Å². The van der Waals surface area contributed by atoms with Gasteiger partial charge in [-0.05, 0) is 34.1 Å². The highest BCUT2D eigenvalue weighted by Crippen LogP contribution is 2.32. The summed E-state index contributed by atoms with van der Waals surface area (Å²) in [6, 6.07) is 4.79. The van der Waals surface area contributed by atoms with E-state index in [2.05, 4.69) is 15.9 Å². The number of nitrogens with zero attached hydrogens (tertiary/aromatic N) is 2. The van der Waals surface area contributed by atoms with Gasteiger partial charge in [0.1, 0.15) is 0 Å². The topological polar surface area (TPSA) is 53.3 Å².